The second-order valence-corrected chi connectivity index (χ2v) is 7.98. The van der Waals surface area contributed by atoms with Crippen LogP contribution in [0.2, 0.25) is 0 Å². The summed E-state index contributed by atoms with van der Waals surface area (Å²) in [4.78, 5) is 17.8. The first-order valence-corrected chi connectivity index (χ1v) is 10.5. The number of halogens is 4. The van der Waals surface area contributed by atoms with Crippen LogP contribution in [0, 0.1) is 0 Å². The molecular formula is C10H11Br4O4P. The van der Waals surface area contributed by atoms with Crippen LogP contribution >= 0.6 is 71.5 Å². The quantitative estimate of drug-likeness (QED) is 0.406. The fraction of sp³-hybridized carbons (Fsp3) is 0.400. The highest BCUT2D eigenvalue weighted by molar-refractivity contribution is 9.11. The fourth-order valence-corrected chi connectivity index (χ4v) is 4.20. The number of rotatable bonds is 6. The molecule has 0 amide bonds. The van der Waals surface area contributed by atoms with Gasteiger partial charge < -0.3 is 4.52 Å². The SMILES string of the molecule is O=P(O)(O)Oc1cc(Br)c(CCBr)c(CCBr)c1Br. The smallest absolute Gasteiger partial charge is 0.403 e. The van der Waals surface area contributed by atoms with Gasteiger partial charge >= 0.3 is 7.82 Å². The molecule has 9 heteroatoms. The molecule has 19 heavy (non-hydrogen) atoms. The molecule has 4 nitrogen and oxygen atoms in total. The number of phosphoric acid groups is 1. The van der Waals surface area contributed by atoms with Crippen molar-refractivity contribution in [2.24, 2.45) is 0 Å². The van der Waals surface area contributed by atoms with E-state index in [1.54, 1.807) is 6.07 Å². The van der Waals surface area contributed by atoms with Crippen molar-refractivity contribution in [1.82, 2.24) is 0 Å². The van der Waals surface area contributed by atoms with Gasteiger partial charge in [0.25, 0.3) is 0 Å². The van der Waals surface area contributed by atoms with E-state index in [-0.39, 0.29) is 5.75 Å². The Kier molecular flexibility index (Phi) is 7.56. The Balaban J connectivity index is 3.33. The van der Waals surface area contributed by atoms with E-state index in [4.69, 9.17) is 14.3 Å². The summed E-state index contributed by atoms with van der Waals surface area (Å²) in [6, 6.07) is 1.57. The molecule has 0 saturated heterocycles. The van der Waals surface area contributed by atoms with Crippen molar-refractivity contribution in [1.29, 1.82) is 0 Å². The average molecular weight is 546 g/mol. The zero-order valence-electron chi connectivity index (χ0n) is 9.58. The maximum atomic E-state index is 11.0. The molecule has 0 unspecified atom stereocenters. The third-order valence-corrected chi connectivity index (χ3v) is 5.10. The van der Waals surface area contributed by atoms with Gasteiger partial charge in [0.15, 0.2) is 0 Å². The molecule has 0 heterocycles. The maximum absolute atomic E-state index is 11.0. The van der Waals surface area contributed by atoms with Gasteiger partial charge in [-0.15, -0.1) is 0 Å². The highest BCUT2D eigenvalue weighted by atomic mass is 79.9. The van der Waals surface area contributed by atoms with Gasteiger partial charge in [-0.3, -0.25) is 9.79 Å². The van der Waals surface area contributed by atoms with Crippen LogP contribution in [0.25, 0.3) is 0 Å². The topological polar surface area (TPSA) is 66.8 Å². The lowest BCUT2D eigenvalue weighted by Crippen LogP contribution is -2.02. The largest absolute Gasteiger partial charge is 0.524 e. The maximum Gasteiger partial charge on any atom is 0.524 e. The second-order valence-electron chi connectivity index (χ2n) is 3.59. The summed E-state index contributed by atoms with van der Waals surface area (Å²) in [7, 11) is -4.58. The van der Waals surface area contributed by atoms with E-state index >= 15 is 0 Å². The van der Waals surface area contributed by atoms with Gasteiger partial charge in [0.2, 0.25) is 0 Å². The zero-order valence-corrected chi connectivity index (χ0v) is 16.8. The predicted octanol–water partition coefficient (Wildman–Crippen LogP) is 4.56. The number of phosphoric ester groups is 1. The van der Waals surface area contributed by atoms with Crippen molar-refractivity contribution in [2.45, 2.75) is 12.8 Å². The first-order valence-electron chi connectivity index (χ1n) is 5.17. The molecule has 108 valence electrons. The third kappa shape index (κ3) is 5.41. The van der Waals surface area contributed by atoms with Crippen LogP contribution < -0.4 is 4.52 Å². The van der Waals surface area contributed by atoms with E-state index in [0.29, 0.717) is 4.47 Å². The van der Waals surface area contributed by atoms with E-state index in [2.05, 4.69) is 63.7 Å². The lowest BCUT2D eigenvalue weighted by atomic mass is 10.0. The second kappa shape index (κ2) is 7.92. The minimum absolute atomic E-state index is 0.134. The van der Waals surface area contributed by atoms with Crippen LogP contribution in [0.15, 0.2) is 15.0 Å². The van der Waals surface area contributed by atoms with E-state index in [1.807, 2.05) is 0 Å². The van der Waals surface area contributed by atoms with Crippen molar-refractivity contribution in [3.05, 3.63) is 26.1 Å². The molecule has 0 saturated carbocycles. The first-order chi connectivity index (χ1) is 8.80. The Labute approximate surface area is 145 Å². The van der Waals surface area contributed by atoms with Gasteiger partial charge in [0, 0.05) is 15.1 Å². The highest BCUT2D eigenvalue weighted by Gasteiger charge is 2.22. The standard InChI is InChI=1S/C10H11Br4O4P/c11-3-1-6-7(2-4-12)10(14)9(5-8(6)13)18-19(15,16)17/h5H,1-4H2,(H2,15,16,17). The van der Waals surface area contributed by atoms with E-state index in [0.717, 1.165) is 39.1 Å². The van der Waals surface area contributed by atoms with Crippen LogP contribution in [-0.2, 0) is 17.4 Å². The van der Waals surface area contributed by atoms with Gasteiger partial charge in [-0.25, -0.2) is 4.57 Å². The lowest BCUT2D eigenvalue weighted by Gasteiger charge is -2.17. The summed E-state index contributed by atoms with van der Waals surface area (Å²) in [5, 5.41) is 1.54. The molecular weight excluding hydrogens is 535 g/mol. The number of hydrogen-bond acceptors (Lipinski definition) is 2. The van der Waals surface area contributed by atoms with Crippen LogP contribution in [0.4, 0.5) is 0 Å². The number of benzene rings is 1. The molecule has 2 N–H and O–H groups in total. The summed E-state index contributed by atoms with van der Waals surface area (Å²) in [5.41, 5.74) is 2.05. The Hall–Kier alpha value is 1.09. The van der Waals surface area contributed by atoms with Gasteiger partial charge in [0.1, 0.15) is 5.75 Å². The Morgan fingerprint density at radius 3 is 2.11 bits per heavy atom. The number of hydrogen-bond donors (Lipinski definition) is 2. The Bertz CT molecular complexity index is 503. The van der Waals surface area contributed by atoms with E-state index < -0.39 is 7.82 Å². The van der Waals surface area contributed by atoms with Gasteiger partial charge in [-0.05, 0) is 46.0 Å². The summed E-state index contributed by atoms with van der Waals surface area (Å²) in [5.74, 6) is 0.134. The van der Waals surface area contributed by atoms with Crippen LogP contribution in [0.1, 0.15) is 11.1 Å². The predicted molar refractivity (Wildman–Crippen MR) is 89.5 cm³/mol. The van der Waals surface area contributed by atoms with E-state index in [9.17, 15) is 4.57 Å². The van der Waals surface area contributed by atoms with Crippen molar-refractivity contribution >= 4 is 71.5 Å². The molecule has 0 fully saturated rings. The molecule has 0 aromatic heterocycles. The summed E-state index contributed by atoms with van der Waals surface area (Å²) >= 11 is 13.6. The first kappa shape index (κ1) is 18.1. The highest BCUT2D eigenvalue weighted by Crippen LogP contribution is 2.45. The van der Waals surface area contributed by atoms with Gasteiger partial charge in [0.05, 0.1) is 4.47 Å². The zero-order chi connectivity index (χ0) is 14.6. The van der Waals surface area contributed by atoms with Gasteiger partial charge in [-0.2, -0.15) is 0 Å². The van der Waals surface area contributed by atoms with E-state index in [1.165, 1.54) is 0 Å². The average Bonchev–Trinajstić information content (AvgIpc) is 2.28. The van der Waals surface area contributed by atoms with Gasteiger partial charge in [-0.1, -0.05) is 47.8 Å². The summed E-state index contributed by atoms with van der Waals surface area (Å²) < 4.78 is 17.0. The molecule has 0 aliphatic carbocycles. The molecule has 0 spiro atoms. The fourth-order valence-electron chi connectivity index (χ4n) is 1.61. The molecule has 0 aliphatic rings. The van der Waals surface area contributed by atoms with Crippen molar-refractivity contribution in [3.8, 4) is 5.75 Å². The molecule has 0 radical (unpaired) electrons. The minimum atomic E-state index is -4.58. The molecule has 0 atom stereocenters. The van der Waals surface area contributed by atoms with Crippen LogP contribution in [0.5, 0.6) is 5.75 Å². The van der Waals surface area contributed by atoms with Crippen LogP contribution in [-0.4, -0.2) is 20.4 Å². The molecule has 1 rings (SSSR count). The van der Waals surface area contributed by atoms with Crippen LogP contribution in [0.3, 0.4) is 0 Å². The Morgan fingerprint density at radius 2 is 1.63 bits per heavy atom. The molecule has 1 aromatic carbocycles. The minimum Gasteiger partial charge on any atom is -0.403 e. The normalized spacial score (nSPS) is 11.7. The Morgan fingerprint density at radius 1 is 1.11 bits per heavy atom. The lowest BCUT2D eigenvalue weighted by molar-refractivity contribution is 0.282. The molecule has 0 bridgehead atoms. The third-order valence-electron chi connectivity index (χ3n) is 2.30. The number of alkyl halides is 2. The summed E-state index contributed by atoms with van der Waals surface area (Å²) in [6.07, 6.45) is 1.53. The molecule has 1 aromatic rings. The van der Waals surface area contributed by atoms with Crippen molar-refractivity contribution in [3.63, 3.8) is 0 Å². The van der Waals surface area contributed by atoms with Crippen molar-refractivity contribution < 1.29 is 18.9 Å². The monoisotopic (exact) mass is 542 g/mol. The van der Waals surface area contributed by atoms with Crippen molar-refractivity contribution in [2.75, 3.05) is 10.7 Å². The summed E-state index contributed by atoms with van der Waals surface area (Å²) in [6.45, 7) is 0. The molecule has 0 aliphatic heterocycles.